The number of sulfone groups is 1. The molecule has 1 aromatic heterocycles. The standard InChI is InChI=1S/C13H17F3N2O4S/c1-9-7-11(13(14,15)16)8-12(18-9)23(20,21)6-5-22-4-3-17-10(2)19/h7-8H,3-6H2,1-2H3,(H,17,19). The van der Waals surface area contributed by atoms with Gasteiger partial charge >= 0.3 is 6.18 Å². The van der Waals surface area contributed by atoms with Crippen molar-refractivity contribution in [2.45, 2.75) is 25.0 Å². The Bertz CT molecular complexity index is 660. The lowest BCUT2D eigenvalue weighted by Gasteiger charge is -2.10. The SMILES string of the molecule is CC(=O)NCCOCCS(=O)(=O)c1cc(C(F)(F)F)cc(C)n1. The van der Waals surface area contributed by atoms with E-state index >= 15 is 0 Å². The van der Waals surface area contributed by atoms with E-state index in [-0.39, 0.29) is 31.4 Å². The third-order valence-electron chi connectivity index (χ3n) is 2.69. The van der Waals surface area contributed by atoms with Crippen molar-refractivity contribution in [1.29, 1.82) is 0 Å². The molecule has 1 amide bonds. The summed E-state index contributed by atoms with van der Waals surface area (Å²) >= 11 is 0. The van der Waals surface area contributed by atoms with Gasteiger partial charge in [0.25, 0.3) is 0 Å². The van der Waals surface area contributed by atoms with E-state index in [9.17, 15) is 26.4 Å². The van der Waals surface area contributed by atoms with Gasteiger partial charge < -0.3 is 10.1 Å². The summed E-state index contributed by atoms with van der Waals surface area (Å²) in [6.07, 6.45) is -4.65. The first kappa shape index (κ1) is 19.4. The predicted octanol–water partition coefficient (Wildman–Crippen LogP) is 1.34. The number of hydrogen-bond acceptors (Lipinski definition) is 5. The smallest absolute Gasteiger partial charge is 0.379 e. The second kappa shape index (κ2) is 7.73. The van der Waals surface area contributed by atoms with E-state index in [1.807, 2.05) is 0 Å². The number of nitrogens with zero attached hydrogens (tertiary/aromatic N) is 1. The number of carbonyl (C=O) groups excluding carboxylic acids is 1. The van der Waals surface area contributed by atoms with Gasteiger partial charge in [0.15, 0.2) is 14.9 Å². The van der Waals surface area contributed by atoms with Crippen LogP contribution in [0.3, 0.4) is 0 Å². The van der Waals surface area contributed by atoms with Gasteiger partial charge in [-0.15, -0.1) is 0 Å². The fourth-order valence-electron chi connectivity index (χ4n) is 1.64. The molecule has 10 heteroatoms. The van der Waals surface area contributed by atoms with Crippen molar-refractivity contribution in [3.05, 3.63) is 23.4 Å². The highest BCUT2D eigenvalue weighted by molar-refractivity contribution is 7.91. The Morgan fingerprint density at radius 3 is 2.52 bits per heavy atom. The number of nitrogens with one attached hydrogen (secondary N) is 1. The van der Waals surface area contributed by atoms with Crippen molar-refractivity contribution in [3.8, 4) is 0 Å². The number of halogens is 3. The largest absolute Gasteiger partial charge is 0.416 e. The molecule has 0 atom stereocenters. The van der Waals surface area contributed by atoms with Crippen LogP contribution in [0.2, 0.25) is 0 Å². The Morgan fingerprint density at radius 2 is 1.96 bits per heavy atom. The molecule has 130 valence electrons. The molecule has 1 N–H and O–H groups in total. The van der Waals surface area contributed by atoms with E-state index in [2.05, 4.69) is 10.3 Å². The molecule has 0 spiro atoms. The fourth-order valence-corrected chi connectivity index (χ4v) is 2.77. The van der Waals surface area contributed by atoms with Gasteiger partial charge in [0.1, 0.15) is 0 Å². The Labute approximate surface area is 132 Å². The van der Waals surface area contributed by atoms with Gasteiger partial charge in [-0.25, -0.2) is 13.4 Å². The molecule has 1 heterocycles. The zero-order valence-electron chi connectivity index (χ0n) is 12.6. The van der Waals surface area contributed by atoms with E-state index in [4.69, 9.17) is 4.74 Å². The van der Waals surface area contributed by atoms with Crippen molar-refractivity contribution in [3.63, 3.8) is 0 Å². The molecule has 0 unspecified atom stereocenters. The first-order valence-electron chi connectivity index (χ1n) is 6.63. The number of amides is 1. The van der Waals surface area contributed by atoms with Crippen LogP contribution in [0.5, 0.6) is 0 Å². The fraction of sp³-hybridized carbons (Fsp3) is 0.538. The highest BCUT2D eigenvalue weighted by Crippen LogP contribution is 2.30. The summed E-state index contributed by atoms with van der Waals surface area (Å²) in [6.45, 7) is 2.73. The van der Waals surface area contributed by atoms with Gasteiger partial charge in [0.05, 0.1) is 24.5 Å². The molecule has 0 aliphatic heterocycles. The van der Waals surface area contributed by atoms with Gasteiger partial charge in [0, 0.05) is 19.2 Å². The second-order valence-electron chi connectivity index (χ2n) is 4.75. The number of pyridine rings is 1. The van der Waals surface area contributed by atoms with Gasteiger partial charge in [0.2, 0.25) is 5.91 Å². The zero-order chi connectivity index (χ0) is 17.7. The summed E-state index contributed by atoms with van der Waals surface area (Å²) in [6, 6.07) is 1.29. The Morgan fingerprint density at radius 1 is 1.30 bits per heavy atom. The Hall–Kier alpha value is -1.68. The minimum Gasteiger partial charge on any atom is -0.379 e. The molecular formula is C13H17F3N2O4S. The third-order valence-corrected chi connectivity index (χ3v) is 4.24. The lowest BCUT2D eigenvalue weighted by Crippen LogP contribution is -2.25. The maximum atomic E-state index is 12.7. The first-order valence-corrected chi connectivity index (χ1v) is 8.28. The average molecular weight is 354 g/mol. The summed E-state index contributed by atoms with van der Waals surface area (Å²) in [5.41, 5.74) is -1.10. The van der Waals surface area contributed by atoms with Crippen LogP contribution < -0.4 is 5.32 Å². The normalized spacial score (nSPS) is 12.2. The molecule has 23 heavy (non-hydrogen) atoms. The average Bonchev–Trinajstić information content (AvgIpc) is 2.40. The van der Waals surface area contributed by atoms with Crippen molar-refractivity contribution in [2.75, 3.05) is 25.5 Å². The van der Waals surface area contributed by atoms with Crippen molar-refractivity contribution in [2.24, 2.45) is 0 Å². The van der Waals surface area contributed by atoms with Crippen molar-refractivity contribution in [1.82, 2.24) is 10.3 Å². The van der Waals surface area contributed by atoms with Crippen LogP contribution in [0.1, 0.15) is 18.2 Å². The van der Waals surface area contributed by atoms with Crippen LogP contribution >= 0.6 is 0 Å². The number of ether oxygens (including phenoxy) is 1. The third kappa shape index (κ3) is 6.53. The maximum Gasteiger partial charge on any atom is 0.416 e. The molecule has 1 aromatic rings. The Balaban J connectivity index is 2.70. The van der Waals surface area contributed by atoms with Crippen molar-refractivity contribution < 1.29 is 31.1 Å². The molecule has 0 aliphatic rings. The number of aryl methyl sites for hydroxylation is 1. The lowest BCUT2D eigenvalue weighted by atomic mass is 10.2. The molecule has 0 aromatic carbocycles. The number of hydrogen-bond donors (Lipinski definition) is 1. The second-order valence-corrected chi connectivity index (χ2v) is 6.80. The van der Waals surface area contributed by atoms with Crippen LogP contribution in [-0.4, -0.2) is 44.8 Å². The summed E-state index contributed by atoms with van der Waals surface area (Å²) < 4.78 is 67.2. The van der Waals surface area contributed by atoms with E-state index in [1.54, 1.807) is 0 Å². The molecule has 0 saturated heterocycles. The van der Waals surface area contributed by atoms with Crippen molar-refractivity contribution >= 4 is 15.7 Å². The van der Waals surface area contributed by atoms with E-state index in [1.165, 1.54) is 13.8 Å². The minimum atomic E-state index is -4.65. The molecule has 6 nitrogen and oxygen atoms in total. The van der Waals surface area contributed by atoms with E-state index in [0.29, 0.717) is 6.07 Å². The molecule has 1 rings (SSSR count). The van der Waals surface area contributed by atoms with Gasteiger partial charge in [-0.1, -0.05) is 0 Å². The summed E-state index contributed by atoms with van der Waals surface area (Å²) in [7, 11) is -3.99. The first-order chi connectivity index (χ1) is 10.5. The zero-order valence-corrected chi connectivity index (χ0v) is 13.4. The van der Waals surface area contributed by atoms with Crippen LogP contribution in [-0.2, 0) is 25.5 Å². The highest BCUT2D eigenvalue weighted by atomic mass is 32.2. The number of carbonyl (C=O) groups is 1. The highest BCUT2D eigenvalue weighted by Gasteiger charge is 2.32. The molecule has 0 saturated carbocycles. The molecule has 0 radical (unpaired) electrons. The van der Waals surface area contributed by atoms with E-state index < -0.39 is 32.4 Å². The number of aromatic nitrogens is 1. The summed E-state index contributed by atoms with van der Waals surface area (Å²) in [5.74, 6) is -0.745. The maximum absolute atomic E-state index is 12.7. The van der Waals surface area contributed by atoms with Crippen LogP contribution in [0.4, 0.5) is 13.2 Å². The van der Waals surface area contributed by atoms with Crippen LogP contribution in [0.25, 0.3) is 0 Å². The number of rotatable bonds is 7. The van der Waals surface area contributed by atoms with Gasteiger partial charge in [-0.2, -0.15) is 13.2 Å². The summed E-state index contributed by atoms with van der Waals surface area (Å²) in [4.78, 5) is 14.3. The molecule has 0 aliphatic carbocycles. The molecule has 0 fully saturated rings. The van der Waals surface area contributed by atoms with E-state index in [0.717, 1.165) is 6.07 Å². The van der Waals surface area contributed by atoms with Crippen LogP contribution in [0.15, 0.2) is 17.2 Å². The van der Waals surface area contributed by atoms with Gasteiger partial charge in [-0.05, 0) is 19.1 Å². The predicted molar refractivity (Wildman–Crippen MR) is 75.5 cm³/mol. The summed E-state index contributed by atoms with van der Waals surface area (Å²) in [5, 5.41) is 1.83. The lowest BCUT2D eigenvalue weighted by molar-refractivity contribution is -0.137. The Kier molecular flexibility index (Phi) is 6.51. The van der Waals surface area contributed by atoms with Crippen LogP contribution in [0, 0.1) is 6.92 Å². The minimum absolute atomic E-state index is 0.0371. The quantitative estimate of drug-likeness (QED) is 0.747. The number of alkyl halides is 3. The molecular weight excluding hydrogens is 337 g/mol. The molecule has 0 bridgehead atoms. The topological polar surface area (TPSA) is 85.4 Å². The monoisotopic (exact) mass is 354 g/mol. The van der Waals surface area contributed by atoms with Gasteiger partial charge in [-0.3, -0.25) is 4.79 Å².